The number of nitrogens with zero attached hydrogens (tertiary/aromatic N) is 2. The molecule has 3 heterocycles. The molecule has 0 aromatic carbocycles. The third-order valence-electron chi connectivity index (χ3n) is 3.09. The Morgan fingerprint density at radius 1 is 1.56 bits per heavy atom. The fourth-order valence-corrected chi connectivity index (χ4v) is 2.27. The van der Waals surface area contributed by atoms with Crippen molar-refractivity contribution in [1.29, 1.82) is 0 Å². The highest BCUT2D eigenvalue weighted by molar-refractivity contribution is 5.36. The molecule has 1 aliphatic heterocycles. The van der Waals surface area contributed by atoms with Gasteiger partial charge in [-0.2, -0.15) is 0 Å². The minimum Gasteiger partial charge on any atom is -0.316 e. The van der Waals surface area contributed by atoms with Crippen LogP contribution >= 0.6 is 0 Å². The van der Waals surface area contributed by atoms with Crippen LogP contribution in [0.4, 0.5) is 0 Å². The van der Waals surface area contributed by atoms with Crippen molar-refractivity contribution in [3.63, 3.8) is 0 Å². The fraction of sp³-hybridized carbons (Fsp3) is 0.455. The molecule has 0 spiro atoms. The van der Waals surface area contributed by atoms with E-state index in [0.29, 0.717) is 11.6 Å². The lowest BCUT2D eigenvalue weighted by Crippen LogP contribution is -2.17. The number of rotatable bonds is 2. The van der Waals surface area contributed by atoms with E-state index in [9.17, 15) is 4.79 Å². The Labute approximate surface area is 92.5 Å². The van der Waals surface area contributed by atoms with Gasteiger partial charge in [-0.15, -0.1) is 0 Å². The molecule has 2 aromatic heterocycles. The molecule has 16 heavy (non-hydrogen) atoms. The first kappa shape index (κ1) is 9.59. The first-order valence-electron chi connectivity index (χ1n) is 5.60. The molecule has 84 valence electrons. The van der Waals surface area contributed by atoms with Crippen LogP contribution in [-0.2, 0) is 6.42 Å². The normalized spacial score (nSPS) is 20.6. The zero-order chi connectivity index (χ0) is 11.0. The second kappa shape index (κ2) is 3.75. The summed E-state index contributed by atoms with van der Waals surface area (Å²) in [6.07, 6.45) is 3.79. The first-order chi connectivity index (χ1) is 7.83. The summed E-state index contributed by atoms with van der Waals surface area (Å²) in [7, 11) is 0. The molecule has 1 aliphatic rings. The molecule has 0 bridgehead atoms. The monoisotopic (exact) mass is 218 g/mol. The second-order valence-corrected chi connectivity index (χ2v) is 4.30. The minimum absolute atomic E-state index is 0.0315. The maximum atomic E-state index is 11.7. The number of H-pyrrole nitrogens is 1. The van der Waals surface area contributed by atoms with Gasteiger partial charge in [0.05, 0.1) is 0 Å². The Bertz CT molecular complexity index is 550. The molecule has 5 nitrogen and oxygen atoms in total. The van der Waals surface area contributed by atoms with Crippen LogP contribution in [0.1, 0.15) is 12.1 Å². The van der Waals surface area contributed by atoms with Crippen LogP contribution in [0, 0.1) is 5.92 Å². The number of fused-ring (bicyclic) bond motifs is 1. The lowest BCUT2D eigenvalue weighted by atomic mass is 10.0. The van der Waals surface area contributed by atoms with Crippen LogP contribution in [0.25, 0.3) is 5.65 Å². The largest absolute Gasteiger partial charge is 0.316 e. The van der Waals surface area contributed by atoms with Gasteiger partial charge < -0.3 is 5.32 Å². The van der Waals surface area contributed by atoms with Gasteiger partial charge in [0.15, 0.2) is 5.65 Å². The van der Waals surface area contributed by atoms with Crippen molar-refractivity contribution in [2.75, 3.05) is 13.1 Å². The van der Waals surface area contributed by atoms with E-state index in [1.165, 1.54) is 10.9 Å². The standard InChI is InChI=1S/C11H14N4O/c16-11-6-9(5-8-1-3-12-7-8)14-10-2-4-13-15(10)11/h2,4,6,8,12-13H,1,3,5,7H2. The second-order valence-electron chi connectivity index (χ2n) is 4.30. The van der Waals surface area contributed by atoms with E-state index in [1.54, 1.807) is 12.3 Å². The van der Waals surface area contributed by atoms with Crippen molar-refractivity contribution in [3.8, 4) is 0 Å². The lowest BCUT2D eigenvalue weighted by Gasteiger charge is -2.06. The van der Waals surface area contributed by atoms with Gasteiger partial charge in [0.1, 0.15) is 0 Å². The van der Waals surface area contributed by atoms with Crippen molar-refractivity contribution in [1.82, 2.24) is 19.9 Å². The van der Waals surface area contributed by atoms with Gasteiger partial charge in [-0.25, -0.2) is 9.50 Å². The van der Waals surface area contributed by atoms with Crippen molar-refractivity contribution in [2.45, 2.75) is 12.8 Å². The van der Waals surface area contributed by atoms with E-state index in [-0.39, 0.29) is 5.56 Å². The van der Waals surface area contributed by atoms with Crippen LogP contribution < -0.4 is 10.9 Å². The predicted octanol–water partition coefficient (Wildman–Crippen LogP) is 0.175. The van der Waals surface area contributed by atoms with Crippen LogP contribution in [0.15, 0.2) is 23.1 Å². The Hall–Kier alpha value is -1.62. The Morgan fingerprint density at radius 3 is 3.31 bits per heavy atom. The summed E-state index contributed by atoms with van der Waals surface area (Å²) in [5.41, 5.74) is 1.57. The van der Waals surface area contributed by atoms with Crippen molar-refractivity contribution in [2.24, 2.45) is 5.92 Å². The molecule has 2 aromatic rings. The topological polar surface area (TPSA) is 62.2 Å². The van der Waals surface area contributed by atoms with Crippen LogP contribution in [-0.4, -0.2) is 27.7 Å². The van der Waals surface area contributed by atoms with Gasteiger partial charge in [-0.3, -0.25) is 9.89 Å². The first-order valence-corrected chi connectivity index (χ1v) is 5.60. The van der Waals surface area contributed by atoms with E-state index in [4.69, 9.17) is 0 Å². The highest BCUT2D eigenvalue weighted by Gasteiger charge is 2.16. The third kappa shape index (κ3) is 1.63. The quantitative estimate of drug-likeness (QED) is 0.755. The molecule has 0 radical (unpaired) electrons. The highest BCUT2D eigenvalue weighted by Crippen LogP contribution is 2.13. The van der Waals surface area contributed by atoms with Gasteiger partial charge in [-0.1, -0.05) is 0 Å². The Morgan fingerprint density at radius 2 is 2.50 bits per heavy atom. The molecule has 5 heteroatoms. The van der Waals surface area contributed by atoms with Crippen molar-refractivity contribution < 1.29 is 0 Å². The smallest absolute Gasteiger partial charge is 0.272 e. The number of nitrogens with one attached hydrogen (secondary N) is 2. The maximum Gasteiger partial charge on any atom is 0.272 e. The minimum atomic E-state index is -0.0315. The molecule has 0 saturated carbocycles. The van der Waals surface area contributed by atoms with Crippen LogP contribution in [0.3, 0.4) is 0 Å². The highest BCUT2D eigenvalue weighted by atomic mass is 16.1. The van der Waals surface area contributed by atoms with E-state index in [0.717, 1.165) is 25.2 Å². The van der Waals surface area contributed by atoms with Gasteiger partial charge in [0, 0.05) is 24.0 Å². The number of aromatic nitrogens is 3. The number of aromatic amines is 1. The zero-order valence-electron chi connectivity index (χ0n) is 8.94. The molecule has 1 unspecified atom stereocenters. The predicted molar refractivity (Wildman–Crippen MR) is 60.5 cm³/mol. The summed E-state index contributed by atoms with van der Waals surface area (Å²) in [6.45, 7) is 2.12. The summed E-state index contributed by atoms with van der Waals surface area (Å²) >= 11 is 0. The fourth-order valence-electron chi connectivity index (χ4n) is 2.27. The molecule has 1 atom stereocenters. The lowest BCUT2D eigenvalue weighted by molar-refractivity contribution is 0.571. The van der Waals surface area contributed by atoms with E-state index in [2.05, 4.69) is 15.4 Å². The SMILES string of the molecule is O=c1cc(CC2CCNC2)nc2cc[nH]n12. The maximum absolute atomic E-state index is 11.7. The molecule has 1 fully saturated rings. The molecule has 1 saturated heterocycles. The summed E-state index contributed by atoms with van der Waals surface area (Å²) in [4.78, 5) is 16.2. The van der Waals surface area contributed by atoms with E-state index < -0.39 is 0 Å². The average Bonchev–Trinajstić information content (AvgIpc) is 2.87. The summed E-state index contributed by atoms with van der Waals surface area (Å²) in [5, 5.41) is 6.16. The van der Waals surface area contributed by atoms with E-state index >= 15 is 0 Å². The summed E-state index contributed by atoms with van der Waals surface area (Å²) in [5.74, 6) is 0.619. The molecule has 2 N–H and O–H groups in total. The molecule has 0 amide bonds. The molecule has 0 aliphatic carbocycles. The summed E-state index contributed by atoms with van der Waals surface area (Å²) in [6, 6.07) is 3.44. The third-order valence-corrected chi connectivity index (χ3v) is 3.09. The average molecular weight is 218 g/mol. The van der Waals surface area contributed by atoms with Crippen LogP contribution in [0.2, 0.25) is 0 Å². The van der Waals surface area contributed by atoms with Crippen LogP contribution in [0.5, 0.6) is 0 Å². The molecule has 3 rings (SSSR count). The molecular weight excluding hydrogens is 204 g/mol. The molecular formula is C11H14N4O. The van der Waals surface area contributed by atoms with Crippen molar-refractivity contribution in [3.05, 3.63) is 34.4 Å². The van der Waals surface area contributed by atoms with Gasteiger partial charge in [-0.05, 0) is 31.8 Å². The van der Waals surface area contributed by atoms with Gasteiger partial charge in [0.25, 0.3) is 5.56 Å². The van der Waals surface area contributed by atoms with E-state index in [1.807, 2.05) is 6.07 Å². The summed E-state index contributed by atoms with van der Waals surface area (Å²) < 4.78 is 1.45. The zero-order valence-corrected chi connectivity index (χ0v) is 8.94. The number of hydrogen-bond donors (Lipinski definition) is 2. The van der Waals surface area contributed by atoms with Crippen molar-refractivity contribution >= 4 is 5.65 Å². The van der Waals surface area contributed by atoms with Gasteiger partial charge >= 0.3 is 0 Å². The van der Waals surface area contributed by atoms with Gasteiger partial charge in [0.2, 0.25) is 0 Å². The Kier molecular flexibility index (Phi) is 2.25. The number of hydrogen-bond acceptors (Lipinski definition) is 3. The Balaban J connectivity index is 1.94.